The Labute approximate surface area is 127 Å². The highest BCUT2D eigenvalue weighted by Crippen LogP contribution is 2.30. The smallest absolute Gasteiger partial charge is 0.122 e. The predicted molar refractivity (Wildman–Crippen MR) is 86.0 cm³/mol. The van der Waals surface area contributed by atoms with Crippen molar-refractivity contribution in [3.05, 3.63) is 52.5 Å². The van der Waals surface area contributed by atoms with E-state index in [1.165, 1.54) is 11.1 Å². The molecule has 0 radical (unpaired) electrons. The molecule has 1 N–H and O–H groups in total. The van der Waals surface area contributed by atoms with Crippen LogP contribution < -0.4 is 10.1 Å². The van der Waals surface area contributed by atoms with Crippen molar-refractivity contribution in [3.8, 4) is 5.75 Å². The fraction of sp³-hybridized carbons (Fsp3) is 0.444. The number of hydrogen-bond donors (Lipinski definition) is 1. The minimum Gasteiger partial charge on any atom is -0.496 e. The molecule has 1 atom stereocenters. The van der Waals surface area contributed by atoms with E-state index in [9.17, 15) is 0 Å². The number of furan rings is 1. The Hall–Kier alpha value is -1.74. The molecule has 1 unspecified atom stereocenters. The van der Waals surface area contributed by atoms with Gasteiger partial charge in [0.05, 0.1) is 13.2 Å². The lowest BCUT2D eigenvalue weighted by Gasteiger charge is -2.20. The second-order valence-corrected chi connectivity index (χ2v) is 5.48. The van der Waals surface area contributed by atoms with Gasteiger partial charge in [-0.3, -0.25) is 0 Å². The van der Waals surface area contributed by atoms with Crippen LogP contribution in [0, 0.1) is 20.8 Å². The van der Waals surface area contributed by atoms with Crippen molar-refractivity contribution in [2.45, 2.75) is 40.2 Å². The van der Waals surface area contributed by atoms with Gasteiger partial charge in [-0.15, -0.1) is 0 Å². The van der Waals surface area contributed by atoms with Gasteiger partial charge in [-0.1, -0.05) is 19.1 Å². The summed E-state index contributed by atoms with van der Waals surface area (Å²) in [6.07, 6.45) is 1.09. The Morgan fingerprint density at radius 3 is 2.52 bits per heavy atom. The number of methoxy groups -OCH3 is 1. The first-order chi connectivity index (χ1) is 10.1. The number of hydrogen-bond acceptors (Lipinski definition) is 3. The van der Waals surface area contributed by atoms with E-state index in [1.54, 1.807) is 7.11 Å². The topological polar surface area (TPSA) is 34.4 Å². The quantitative estimate of drug-likeness (QED) is 0.860. The maximum absolute atomic E-state index is 5.71. The molecular weight excluding hydrogens is 262 g/mol. The van der Waals surface area contributed by atoms with E-state index in [4.69, 9.17) is 9.15 Å². The molecular formula is C18H25NO2. The summed E-state index contributed by atoms with van der Waals surface area (Å²) >= 11 is 0. The number of nitrogens with one attached hydrogen (secondary N) is 1. The summed E-state index contributed by atoms with van der Waals surface area (Å²) in [7, 11) is 1.72. The van der Waals surface area contributed by atoms with Crippen LogP contribution in [-0.2, 0) is 0 Å². The van der Waals surface area contributed by atoms with Crippen LogP contribution in [0.5, 0.6) is 5.75 Å². The Morgan fingerprint density at radius 1 is 1.19 bits per heavy atom. The molecule has 0 aliphatic carbocycles. The molecule has 0 bridgehead atoms. The largest absolute Gasteiger partial charge is 0.496 e. The zero-order valence-electron chi connectivity index (χ0n) is 13.6. The average Bonchev–Trinajstić information content (AvgIpc) is 2.79. The van der Waals surface area contributed by atoms with Crippen molar-refractivity contribution >= 4 is 0 Å². The lowest BCUT2D eigenvalue weighted by molar-refractivity contribution is 0.410. The highest BCUT2D eigenvalue weighted by atomic mass is 16.5. The first kappa shape index (κ1) is 15.6. The normalized spacial score (nSPS) is 12.4. The van der Waals surface area contributed by atoms with Gasteiger partial charge < -0.3 is 14.5 Å². The monoisotopic (exact) mass is 287 g/mol. The highest BCUT2D eigenvalue weighted by molar-refractivity contribution is 5.42. The molecule has 0 aliphatic rings. The van der Waals surface area contributed by atoms with Crippen molar-refractivity contribution in [2.24, 2.45) is 0 Å². The highest BCUT2D eigenvalue weighted by Gasteiger charge is 2.19. The molecule has 0 saturated carbocycles. The second-order valence-electron chi connectivity index (χ2n) is 5.48. The summed E-state index contributed by atoms with van der Waals surface area (Å²) in [5, 5.41) is 3.61. The van der Waals surface area contributed by atoms with Crippen LogP contribution in [-0.4, -0.2) is 13.7 Å². The average molecular weight is 287 g/mol. The molecule has 1 aromatic carbocycles. The Balaban J connectivity index is 2.42. The minimum atomic E-state index is 0.136. The van der Waals surface area contributed by atoms with Gasteiger partial charge in [0, 0.05) is 5.56 Å². The maximum atomic E-state index is 5.71. The zero-order valence-corrected chi connectivity index (χ0v) is 13.6. The lowest BCUT2D eigenvalue weighted by atomic mass is 9.97. The fourth-order valence-corrected chi connectivity index (χ4v) is 2.65. The van der Waals surface area contributed by atoms with Gasteiger partial charge >= 0.3 is 0 Å². The van der Waals surface area contributed by atoms with Crippen LogP contribution in [0.1, 0.15) is 47.6 Å². The predicted octanol–water partition coefficient (Wildman–Crippen LogP) is 4.30. The summed E-state index contributed by atoms with van der Waals surface area (Å²) in [6, 6.07) is 8.64. The van der Waals surface area contributed by atoms with Crippen LogP contribution in [0.25, 0.3) is 0 Å². The van der Waals surface area contributed by atoms with Crippen LogP contribution in [0.2, 0.25) is 0 Å². The summed E-state index contributed by atoms with van der Waals surface area (Å²) in [5.74, 6) is 2.85. The molecule has 21 heavy (non-hydrogen) atoms. The van der Waals surface area contributed by atoms with Crippen molar-refractivity contribution < 1.29 is 9.15 Å². The molecule has 2 aromatic rings. The van der Waals surface area contributed by atoms with Gasteiger partial charge in [-0.05, 0) is 57.0 Å². The van der Waals surface area contributed by atoms with Gasteiger partial charge in [-0.25, -0.2) is 0 Å². The molecule has 0 spiro atoms. The fourth-order valence-electron chi connectivity index (χ4n) is 2.65. The number of rotatable bonds is 6. The number of aryl methyl sites for hydroxylation is 3. The lowest BCUT2D eigenvalue weighted by Crippen LogP contribution is -2.23. The van der Waals surface area contributed by atoms with Crippen LogP contribution in [0.15, 0.2) is 28.7 Å². The molecule has 0 aliphatic heterocycles. The van der Waals surface area contributed by atoms with Crippen molar-refractivity contribution in [2.75, 3.05) is 13.7 Å². The summed E-state index contributed by atoms with van der Waals surface area (Å²) in [6.45, 7) is 9.21. The third-order valence-corrected chi connectivity index (χ3v) is 3.75. The Morgan fingerprint density at radius 2 is 1.95 bits per heavy atom. The van der Waals surface area contributed by atoms with Gasteiger partial charge in [0.2, 0.25) is 0 Å². The molecule has 0 fully saturated rings. The summed E-state index contributed by atoms with van der Waals surface area (Å²) in [4.78, 5) is 0. The number of ether oxygens (including phenoxy) is 1. The molecule has 2 rings (SSSR count). The van der Waals surface area contributed by atoms with E-state index >= 15 is 0 Å². The maximum Gasteiger partial charge on any atom is 0.122 e. The molecule has 1 aromatic heterocycles. The Bertz CT molecular complexity index is 601. The molecule has 1 heterocycles. The first-order valence-corrected chi connectivity index (χ1v) is 7.51. The summed E-state index contributed by atoms with van der Waals surface area (Å²) < 4.78 is 11.2. The molecule has 3 heteroatoms. The SMILES string of the molecule is CCCNC(c1ccc(C)c(OC)c1)c1cc(C)oc1C. The third-order valence-electron chi connectivity index (χ3n) is 3.75. The van der Waals surface area contributed by atoms with E-state index < -0.39 is 0 Å². The standard InChI is InChI=1S/C18H25NO2/c1-6-9-19-18(16-10-13(3)21-14(16)4)15-8-7-12(2)17(11-15)20-5/h7-8,10-11,18-19H,6,9H2,1-5H3. The van der Waals surface area contributed by atoms with Crippen molar-refractivity contribution in [1.29, 1.82) is 0 Å². The van der Waals surface area contributed by atoms with Crippen LogP contribution >= 0.6 is 0 Å². The van der Waals surface area contributed by atoms with Gasteiger partial charge in [0.25, 0.3) is 0 Å². The molecule has 0 amide bonds. The van der Waals surface area contributed by atoms with E-state index in [2.05, 4.69) is 43.4 Å². The van der Waals surface area contributed by atoms with E-state index in [-0.39, 0.29) is 6.04 Å². The Kier molecular flexibility index (Phi) is 5.07. The van der Waals surface area contributed by atoms with Crippen LogP contribution in [0.4, 0.5) is 0 Å². The molecule has 0 saturated heterocycles. The van der Waals surface area contributed by atoms with Crippen LogP contribution in [0.3, 0.4) is 0 Å². The minimum absolute atomic E-state index is 0.136. The third kappa shape index (κ3) is 3.48. The summed E-state index contributed by atoms with van der Waals surface area (Å²) in [5.41, 5.74) is 3.55. The zero-order chi connectivity index (χ0) is 15.4. The van der Waals surface area contributed by atoms with E-state index in [1.807, 2.05) is 13.8 Å². The molecule has 114 valence electrons. The van der Waals surface area contributed by atoms with E-state index in [0.29, 0.717) is 0 Å². The van der Waals surface area contributed by atoms with Gasteiger partial charge in [0.15, 0.2) is 0 Å². The second kappa shape index (κ2) is 6.81. The first-order valence-electron chi connectivity index (χ1n) is 7.51. The van der Waals surface area contributed by atoms with E-state index in [0.717, 1.165) is 35.8 Å². The molecule has 3 nitrogen and oxygen atoms in total. The van der Waals surface area contributed by atoms with Gasteiger partial charge in [0.1, 0.15) is 17.3 Å². The van der Waals surface area contributed by atoms with Crippen molar-refractivity contribution in [1.82, 2.24) is 5.32 Å². The number of benzene rings is 1. The van der Waals surface area contributed by atoms with Crippen molar-refractivity contribution in [3.63, 3.8) is 0 Å². The van der Waals surface area contributed by atoms with Gasteiger partial charge in [-0.2, -0.15) is 0 Å².